The van der Waals surface area contributed by atoms with Gasteiger partial charge in [-0.05, 0) is 57.0 Å². The number of hydrogen-bond acceptors (Lipinski definition) is 5. The minimum Gasteiger partial charge on any atom is -0.444 e. The van der Waals surface area contributed by atoms with Gasteiger partial charge in [0.05, 0.1) is 16.4 Å². The molecule has 1 heterocycles. The van der Waals surface area contributed by atoms with Gasteiger partial charge in [-0.15, -0.1) is 0 Å². The van der Waals surface area contributed by atoms with Crippen LogP contribution < -0.4 is 5.32 Å². The van der Waals surface area contributed by atoms with Crippen LogP contribution in [0.5, 0.6) is 0 Å². The number of nitrogens with zero attached hydrogens (tertiary/aromatic N) is 2. The number of halogens is 4. The van der Waals surface area contributed by atoms with Crippen molar-refractivity contribution in [3.8, 4) is 0 Å². The molecule has 1 aliphatic heterocycles. The first kappa shape index (κ1) is 28.2. The average Bonchev–Trinajstić information content (AvgIpc) is 3.27. The lowest BCUT2D eigenvalue weighted by Crippen LogP contribution is -2.40. The second kappa shape index (κ2) is 11.3. The quantitative estimate of drug-likeness (QED) is 0.432. The van der Waals surface area contributed by atoms with E-state index in [-0.39, 0.29) is 28.4 Å². The highest BCUT2D eigenvalue weighted by atomic mass is 35.5. The molecule has 198 valence electrons. The zero-order valence-electron chi connectivity index (χ0n) is 20.7. The Balaban J connectivity index is 1.72. The second-order valence-corrected chi connectivity index (χ2v) is 10.0. The molecule has 1 unspecified atom stereocenters. The van der Waals surface area contributed by atoms with Gasteiger partial charge in [-0.25, -0.2) is 4.79 Å². The topological polar surface area (TPSA) is 94.9 Å². The van der Waals surface area contributed by atoms with Crippen molar-refractivity contribution in [2.24, 2.45) is 4.99 Å². The maximum Gasteiger partial charge on any atom is 0.429 e. The molecule has 11 heteroatoms. The van der Waals surface area contributed by atoms with Gasteiger partial charge >= 0.3 is 12.3 Å². The molecule has 2 aromatic carbocycles. The number of likely N-dealkylation sites (tertiary alicyclic amines) is 1. The van der Waals surface area contributed by atoms with Crippen LogP contribution in [0.3, 0.4) is 0 Å². The molecule has 1 atom stereocenters. The summed E-state index contributed by atoms with van der Waals surface area (Å²) in [5.41, 5.74) is -1.19. The molecule has 2 N–H and O–H groups in total. The van der Waals surface area contributed by atoms with E-state index >= 15 is 0 Å². The summed E-state index contributed by atoms with van der Waals surface area (Å²) < 4.78 is 44.6. The first-order valence-electron chi connectivity index (χ1n) is 11.6. The number of aliphatic imine (C=N–C) groups is 1. The van der Waals surface area contributed by atoms with Gasteiger partial charge in [0.1, 0.15) is 11.3 Å². The smallest absolute Gasteiger partial charge is 0.429 e. The molecule has 0 bridgehead atoms. The van der Waals surface area contributed by atoms with Gasteiger partial charge < -0.3 is 20.4 Å². The fraction of sp³-hybridized carbons (Fsp3) is 0.385. The van der Waals surface area contributed by atoms with Crippen LogP contribution in [0.15, 0.2) is 53.5 Å². The molecule has 7 nitrogen and oxygen atoms in total. The number of nitrogens with one attached hydrogen (secondary N) is 2. The number of ether oxygens (including phenoxy) is 1. The number of carbonyl (C=O) groups is 2. The van der Waals surface area contributed by atoms with Crippen LogP contribution in [-0.4, -0.2) is 59.2 Å². The molecule has 0 radical (unpaired) electrons. The summed E-state index contributed by atoms with van der Waals surface area (Å²) in [7, 11) is 0. The van der Waals surface area contributed by atoms with Crippen molar-refractivity contribution in [2.75, 3.05) is 13.1 Å². The van der Waals surface area contributed by atoms with Gasteiger partial charge in [-0.3, -0.25) is 9.79 Å². The van der Waals surface area contributed by atoms with E-state index in [0.29, 0.717) is 30.6 Å². The molecule has 1 aliphatic rings. The molecule has 0 aromatic heterocycles. The molecule has 1 saturated heterocycles. The summed E-state index contributed by atoms with van der Waals surface area (Å²) in [5, 5.41) is 10.6. The van der Waals surface area contributed by atoms with Crippen LogP contribution in [0.1, 0.15) is 49.5 Å². The van der Waals surface area contributed by atoms with Crippen LogP contribution in [0.25, 0.3) is 0 Å². The van der Waals surface area contributed by atoms with E-state index in [2.05, 4.69) is 10.3 Å². The highest BCUT2D eigenvalue weighted by Gasteiger charge is 2.35. The summed E-state index contributed by atoms with van der Waals surface area (Å²) in [6, 6.07) is 12.1. The maximum atomic E-state index is 13.1. The summed E-state index contributed by atoms with van der Waals surface area (Å²) in [5.74, 6) is -0.379. The van der Waals surface area contributed by atoms with E-state index in [1.807, 2.05) is 0 Å². The second-order valence-electron chi connectivity index (χ2n) is 9.63. The molecule has 0 aliphatic carbocycles. The van der Waals surface area contributed by atoms with Gasteiger partial charge in [0, 0.05) is 31.1 Å². The number of benzene rings is 2. The van der Waals surface area contributed by atoms with Gasteiger partial charge in [0.25, 0.3) is 5.91 Å². The van der Waals surface area contributed by atoms with Crippen molar-refractivity contribution in [2.45, 2.75) is 51.4 Å². The van der Waals surface area contributed by atoms with Crippen molar-refractivity contribution >= 4 is 40.7 Å². The van der Waals surface area contributed by atoms with Crippen molar-refractivity contribution in [3.05, 3.63) is 64.7 Å². The monoisotopic (exact) mass is 536 g/mol. The molecular weight excluding hydrogens is 509 g/mol. The fourth-order valence-corrected chi connectivity index (χ4v) is 3.79. The van der Waals surface area contributed by atoms with Crippen molar-refractivity contribution in [3.63, 3.8) is 0 Å². The zero-order valence-corrected chi connectivity index (χ0v) is 21.4. The van der Waals surface area contributed by atoms with Gasteiger partial charge in [0.2, 0.25) is 0 Å². The largest absolute Gasteiger partial charge is 0.444 e. The first-order valence-corrected chi connectivity index (χ1v) is 12.0. The van der Waals surface area contributed by atoms with Crippen LogP contribution >= 0.6 is 11.6 Å². The van der Waals surface area contributed by atoms with Gasteiger partial charge in [-0.1, -0.05) is 35.9 Å². The molecule has 3 rings (SSSR count). The first-order chi connectivity index (χ1) is 17.2. The van der Waals surface area contributed by atoms with E-state index in [9.17, 15) is 22.8 Å². The van der Waals surface area contributed by atoms with Crippen molar-refractivity contribution in [1.29, 1.82) is 5.41 Å². The predicted molar refractivity (Wildman–Crippen MR) is 136 cm³/mol. The third-order valence-corrected chi connectivity index (χ3v) is 5.77. The van der Waals surface area contributed by atoms with E-state index < -0.39 is 30.0 Å². The van der Waals surface area contributed by atoms with Gasteiger partial charge in [-0.2, -0.15) is 13.2 Å². The predicted octanol–water partition coefficient (Wildman–Crippen LogP) is 6.17. The summed E-state index contributed by atoms with van der Waals surface area (Å²) in [6.07, 6.45) is -5.43. The molecule has 0 spiro atoms. The van der Waals surface area contributed by atoms with E-state index in [1.54, 1.807) is 45.0 Å². The van der Waals surface area contributed by atoms with Crippen LogP contribution in [0.4, 0.5) is 23.7 Å². The molecular formula is C26H28ClF3N4O3. The van der Waals surface area contributed by atoms with Crippen LogP contribution in [0.2, 0.25) is 5.02 Å². The minimum atomic E-state index is -4.80. The highest BCUT2D eigenvalue weighted by Crippen LogP contribution is 2.27. The number of alkyl halides is 3. The average molecular weight is 537 g/mol. The number of hydrogen-bond donors (Lipinski definition) is 2. The zero-order chi connectivity index (χ0) is 27.4. The highest BCUT2D eigenvalue weighted by molar-refractivity contribution is 6.33. The number of amides is 2. The Morgan fingerprint density at radius 1 is 1.11 bits per heavy atom. The van der Waals surface area contributed by atoms with Crippen LogP contribution in [0, 0.1) is 5.41 Å². The Morgan fingerprint density at radius 3 is 2.32 bits per heavy atom. The van der Waals surface area contributed by atoms with E-state index in [1.165, 1.54) is 29.2 Å². The molecule has 2 amide bonds. The summed E-state index contributed by atoms with van der Waals surface area (Å²) >= 11 is 6.12. The lowest BCUT2D eigenvalue weighted by Gasteiger charge is -2.24. The lowest BCUT2D eigenvalue weighted by atomic mass is 10.0. The minimum absolute atomic E-state index is 0.00817. The van der Waals surface area contributed by atoms with Gasteiger partial charge in [0.15, 0.2) is 0 Å². The van der Waals surface area contributed by atoms with E-state index in [4.69, 9.17) is 21.7 Å². The molecule has 0 saturated carbocycles. The third kappa shape index (κ3) is 8.04. The molecule has 2 aromatic rings. The third-order valence-electron chi connectivity index (χ3n) is 5.45. The Bertz CT molecular complexity index is 1190. The Hall–Kier alpha value is -3.40. The van der Waals surface area contributed by atoms with Crippen molar-refractivity contribution < 1.29 is 27.5 Å². The number of rotatable bonds is 6. The van der Waals surface area contributed by atoms with Crippen LogP contribution in [-0.2, 0) is 4.74 Å². The number of para-hydroxylation sites is 1. The van der Waals surface area contributed by atoms with Crippen molar-refractivity contribution in [1.82, 2.24) is 10.2 Å². The fourth-order valence-electron chi connectivity index (χ4n) is 3.61. The maximum absolute atomic E-state index is 13.1. The SMILES string of the molecule is CC(C)(C)OC(=O)N1CCC(NC(=O)c2ccc(C(CC(=N)C(F)(F)F)=Nc3ccccc3Cl)cc2)C1. The lowest BCUT2D eigenvalue weighted by molar-refractivity contribution is -0.0605. The Labute approximate surface area is 218 Å². The standard InChI is InChI=1S/C26H28ClF3N4O3/c1-25(2,3)37-24(36)34-13-12-18(15-34)32-23(35)17-10-8-16(9-11-17)21(14-22(31)26(28,29)30)33-20-7-5-4-6-19(20)27/h4-11,18,31H,12-15H2,1-3H3,(H,32,35). The summed E-state index contributed by atoms with van der Waals surface area (Å²) in [4.78, 5) is 30.8. The number of carbonyl (C=O) groups excluding carboxylic acids is 2. The normalized spacial score (nSPS) is 16.5. The molecule has 1 fully saturated rings. The van der Waals surface area contributed by atoms with E-state index in [0.717, 1.165) is 0 Å². The summed E-state index contributed by atoms with van der Waals surface area (Å²) in [6.45, 7) is 6.10. The Morgan fingerprint density at radius 2 is 1.73 bits per heavy atom. The molecule has 37 heavy (non-hydrogen) atoms. The Kier molecular flexibility index (Phi) is 8.63.